The molecule has 2 aliphatic heterocycles. The van der Waals surface area contributed by atoms with Gasteiger partial charge in [0, 0.05) is 69.1 Å². The van der Waals surface area contributed by atoms with Gasteiger partial charge in [0.25, 0.3) is 5.91 Å². The molecule has 0 aromatic heterocycles. The van der Waals surface area contributed by atoms with Crippen molar-refractivity contribution in [2.75, 3.05) is 33.2 Å². The van der Waals surface area contributed by atoms with Crippen LogP contribution in [0.1, 0.15) is 54.4 Å². The number of amides is 3. The fourth-order valence-electron chi connectivity index (χ4n) is 5.48. The van der Waals surface area contributed by atoms with Gasteiger partial charge >= 0.3 is 0 Å². The second kappa shape index (κ2) is 12.1. The van der Waals surface area contributed by atoms with E-state index in [0.29, 0.717) is 59.7 Å². The Bertz CT molecular complexity index is 1150. The van der Waals surface area contributed by atoms with Crippen molar-refractivity contribution in [1.29, 1.82) is 0 Å². The zero-order valence-electron chi connectivity index (χ0n) is 21.1. The zero-order chi connectivity index (χ0) is 26.7. The quantitative estimate of drug-likeness (QED) is 0.464. The van der Waals surface area contributed by atoms with E-state index in [9.17, 15) is 14.4 Å². The molecule has 2 aromatic carbocycles. The molecule has 37 heavy (non-hydrogen) atoms. The van der Waals surface area contributed by atoms with Gasteiger partial charge in [0.2, 0.25) is 11.8 Å². The molecule has 0 bridgehead atoms. The van der Waals surface area contributed by atoms with Crippen LogP contribution in [-0.4, -0.2) is 71.7 Å². The van der Waals surface area contributed by atoms with Crippen LogP contribution in [0.2, 0.25) is 15.1 Å². The summed E-state index contributed by atoms with van der Waals surface area (Å²) in [6.07, 6.45) is 2.81. The average molecular weight is 565 g/mol. The van der Waals surface area contributed by atoms with Gasteiger partial charge in [0.05, 0.1) is 10.0 Å². The lowest BCUT2D eigenvalue weighted by Gasteiger charge is -2.43. The molecule has 0 spiro atoms. The number of piperidine rings is 2. The van der Waals surface area contributed by atoms with Gasteiger partial charge in [-0.05, 0) is 67.1 Å². The minimum absolute atomic E-state index is 0.0913. The highest BCUT2D eigenvalue weighted by Crippen LogP contribution is 2.35. The Morgan fingerprint density at radius 3 is 2.16 bits per heavy atom. The number of rotatable bonds is 5. The number of halogens is 3. The van der Waals surface area contributed by atoms with Crippen molar-refractivity contribution < 1.29 is 14.4 Å². The summed E-state index contributed by atoms with van der Waals surface area (Å²) in [5.74, 6) is 0.278. The Kier molecular flexibility index (Phi) is 9.04. The maximum absolute atomic E-state index is 13.3. The topological polar surface area (TPSA) is 60.9 Å². The van der Waals surface area contributed by atoms with Gasteiger partial charge in [-0.3, -0.25) is 14.4 Å². The number of likely N-dealkylation sites (N-methyl/N-ethyl adjacent to an activating group) is 1. The molecule has 0 unspecified atom stereocenters. The van der Waals surface area contributed by atoms with Crippen LogP contribution >= 0.6 is 34.8 Å². The molecule has 198 valence electrons. The van der Waals surface area contributed by atoms with Gasteiger partial charge in [0.1, 0.15) is 0 Å². The normalized spacial score (nSPS) is 20.6. The van der Waals surface area contributed by atoms with E-state index in [2.05, 4.69) is 0 Å². The molecule has 0 saturated carbocycles. The number of carbonyl (C=O) groups excluding carboxylic acids is 3. The molecule has 6 nitrogen and oxygen atoms in total. The molecule has 0 aliphatic carbocycles. The molecule has 2 fully saturated rings. The van der Waals surface area contributed by atoms with Crippen molar-refractivity contribution in [1.82, 2.24) is 14.7 Å². The number of hydrogen-bond donors (Lipinski definition) is 0. The molecule has 2 saturated heterocycles. The second-order valence-electron chi connectivity index (χ2n) is 10.1. The number of likely N-dealkylation sites (tertiary alicyclic amines) is 2. The van der Waals surface area contributed by atoms with Gasteiger partial charge in [0.15, 0.2) is 0 Å². The molecule has 4 rings (SSSR count). The molecule has 2 aliphatic rings. The van der Waals surface area contributed by atoms with E-state index in [1.54, 1.807) is 42.2 Å². The van der Waals surface area contributed by atoms with Crippen LogP contribution in [0.25, 0.3) is 0 Å². The first-order chi connectivity index (χ1) is 17.6. The lowest BCUT2D eigenvalue weighted by Crippen LogP contribution is -2.52. The van der Waals surface area contributed by atoms with Crippen molar-refractivity contribution >= 4 is 52.5 Å². The molecule has 9 heteroatoms. The monoisotopic (exact) mass is 563 g/mol. The fourth-order valence-corrected chi connectivity index (χ4v) is 5.91. The van der Waals surface area contributed by atoms with E-state index < -0.39 is 0 Å². The molecular formula is C28H32Cl3N3O3. The van der Waals surface area contributed by atoms with Crippen molar-refractivity contribution in [2.24, 2.45) is 5.92 Å². The summed E-state index contributed by atoms with van der Waals surface area (Å²) in [6, 6.07) is 12.3. The van der Waals surface area contributed by atoms with Crippen molar-refractivity contribution in [3.8, 4) is 0 Å². The van der Waals surface area contributed by atoms with Gasteiger partial charge in [-0.25, -0.2) is 0 Å². The van der Waals surface area contributed by atoms with E-state index >= 15 is 0 Å². The summed E-state index contributed by atoms with van der Waals surface area (Å²) in [5, 5.41) is 1.49. The molecular weight excluding hydrogens is 533 g/mol. The van der Waals surface area contributed by atoms with E-state index in [-0.39, 0.29) is 35.6 Å². The summed E-state index contributed by atoms with van der Waals surface area (Å²) >= 11 is 18.6. The summed E-state index contributed by atoms with van der Waals surface area (Å²) in [5.41, 5.74) is 1.51. The summed E-state index contributed by atoms with van der Waals surface area (Å²) < 4.78 is 0. The smallest absolute Gasteiger partial charge is 0.253 e. The van der Waals surface area contributed by atoms with E-state index in [4.69, 9.17) is 34.8 Å². The highest BCUT2D eigenvalue weighted by molar-refractivity contribution is 6.42. The fraction of sp³-hybridized carbons (Fsp3) is 0.464. The van der Waals surface area contributed by atoms with Gasteiger partial charge in [-0.15, -0.1) is 0 Å². The van der Waals surface area contributed by atoms with Crippen LogP contribution in [0.3, 0.4) is 0 Å². The van der Waals surface area contributed by atoms with Gasteiger partial charge in [-0.1, -0.05) is 40.9 Å². The van der Waals surface area contributed by atoms with Crippen LogP contribution < -0.4 is 0 Å². The molecule has 2 atom stereocenters. The Labute approximate surface area is 233 Å². The molecule has 0 radical (unpaired) electrons. The maximum Gasteiger partial charge on any atom is 0.253 e. The standard InChI is InChI=1S/C28H32Cl3N3O3/c1-18(35)33-12-9-19(10-13-33)15-27(36)34-14-11-26(23(17-34)21-5-8-24(30)25(31)16-21)32(2)28(37)20-3-6-22(29)7-4-20/h3-8,16,19,23,26H,9-15,17H2,1-2H3/t23-,26+/m0/s1. The summed E-state index contributed by atoms with van der Waals surface area (Å²) in [6.45, 7) is 4.07. The third-order valence-electron chi connectivity index (χ3n) is 7.73. The van der Waals surface area contributed by atoms with Crippen LogP contribution in [0, 0.1) is 5.92 Å². The number of hydrogen-bond acceptors (Lipinski definition) is 3. The summed E-state index contributed by atoms with van der Waals surface area (Å²) in [4.78, 5) is 43.8. The lowest BCUT2D eigenvalue weighted by atomic mass is 9.84. The molecule has 2 aromatic rings. The third-order valence-corrected chi connectivity index (χ3v) is 8.72. The Hall–Kier alpha value is -2.28. The van der Waals surface area contributed by atoms with E-state index in [0.717, 1.165) is 18.4 Å². The Balaban J connectivity index is 1.50. The first kappa shape index (κ1) is 27.7. The minimum Gasteiger partial charge on any atom is -0.343 e. The molecule has 0 N–H and O–H groups in total. The lowest BCUT2D eigenvalue weighted by molar-refractivity contribution is -0.134. The Morgan fingerprint density at radius 1 is 0.892 bits per heavy atom. The highest BCUT2D eigenvalue weighted by atomic mass is 35.5. The highest BCUT2D eigenvalue weighted by Gasteiger charge is 2.37. The van der Waals surface area contributed by atoms with Crippen molar-refractivity contribution in [3.05, 3.63) is 68.7 Å². The third kappa shape index (κ3) is 6.60. The SMILES string of the molecule is CC(=O)N1CCC(CC(=O)N2CC[C@@H](N(C)C(=O)c3ccc(Cl)cc3)[C@H](c3ccc(Cl)c(Cl)c3)C2)CC1. The number of nitrogens with zero attached hydrogens (tertiary/aromatic N) is 3. The van der Waals surface area contributed by atoms with Crippen LogP contribution in [-0.2, 0) is 9.59 Å². The van der Waals surface area contributed by atoms with E-state index in [1.807, 2.05) is 29.0 Å². The van der Waals surface area contributed by atoms with Crippen LogP contribution in [0.5, 0.6) is 0 Å². The second-order valence-corrected chi connectivity index (χ2v) is 11.3. The van der Waals surface area contributed by atoms with Gasteiger partial charge < -0.3 is 14.7 Å². The number of carbonyl (C=O) groups is 3. The first-order valence-electron chi connectivity index (χ1n) is 12.6. The van der Waals surface area contributed by atoms with Crippen molar-refractivity contribution in [2.45, 2.75) is 44.6 Å². The molecule has 3 amide bonds. The predicted octanol–water partition coefficient (Wildman–Crippen LogP) is 5.75. The van der Waals surface area contributed by atoms with Crippen LogP contribution in [0.4, 0.5) is 0 Å². The Morgan fingerprint density at radius 2 is 1.54 bits per heavy atom. The van der Waals surface area contributed by atoms with Crippen molar-refractivity contribution in [3.63, 3.8) is 0 Å². The molecule has 2 heterocycles. The zero-order valence-corrected chi connectivity index (χ0v) is 23.4. The predicted molar refractivity (Wildman–Crippen MR) is 147 cm³/mol. The number of benzene rings is 2. The minimum atomic E-state index is -0.122. The largest absolute Gasteiger partial charge is 0.343 e. The van der Waals surface area contributed by atoms with E-state index in [1.165, 1.54) is 0 Å². The average Bonchev–Trinajstić information content (AvgIpc) is 2.90. The maximum atomic E-state index is 13.3. The van der Waals surface area contributed by atoms with Crippen LogP contribution in [0.15, 0.2) is 42.5 Å². The van der Waals surface area contributed by atoms with Gasteiger partial charge in [-0.2, -0.15) is 0 Å². The summed E-state index contributed by atoms with van der Waals surface area (Å²) in [7, 11) is 1.81. The first-order valence-corrected chi connectivity index (χ1v) is 13.8.